The first kappa shape index (κ1) is 12.4. The van der Waals surface area contributed by atoms with Crippen molar-refractivity contribution in [2.75, 3.05) is 11.1 Å². The molecule has 6 nitrogen and oxygen atoms in total. The van der Waals surface area contributed by atoms with Crippen LogP contribution in [0, 0.1) is 0 Å². The van der Waals surface area contributed by atoms with Gasteiger partial charge in [0.15, 0.2) is 5.82 Å². The van der Waals surface area contributed by atoms with Crippen molar-refractivity contribution in [1.82, 2.24) is 9.78 Å². The fourth-order valence-corrected chi connectivity index (χ4v) is 2.44. The molecule has 0 unspecified atom stereocenters. The van der Waals surface area contributed by atoms with E-state index in [4.69, 9.17) is 5.73 Å². The molecule has 1 aromatic carbocycles. The zero-order valence-corrected chi connectivity index (χ0v) is 11.0. The highest BCUT2D eigenvalue weighted by Crippen LogP contribution is 2.35. The first-order valence-corrected chi connectivity index (χ1v) is 6.36. The molecule has 0 saturated carbocycles. The Hall–Kier alpha value is -2.63. The van der Waals surface area contributed by atoms with Gasteiger partial charge < -0.3 is 11.1 Å². The average Bonchev–Trinajstić information content (AvgIpc) is 2.76. The Labute approximate surface area is 115 Å². The molecule has 1 aliphatic heterocycles. The third kappa shape index (κ3) is 1.85. The SMILES string of the molecule is C[C@@H]1CC(=O)Nc2nn(C(=O)c3ccccc3)c(N)c21. The number of carbonyl (C=O) groups excluding carboxylic acids is 2. The summed E-state index contributed by atoms with van der Waals surface area (Å²) in [5.74, 6) is 0.216. The van der Waals surface area contributed by atoms with Crippen molar-refractivity contribution in [2.45, 2.75) is 19.3 Å². The van der Waals surface area contributed by atoms with Crippen molar-refractivity contribution in [3.05, 3.63) is 41.5 Å². The molecule has 1 aromatic heterocycles. The maximum absolute atomic E-state index is 12.4. The van der Waals surface area contributed by atoms with Crippen molar-refractivity contribution < 1.29 is 9.59 Å². The Morgan fingerprint density at radius 1 is 1.40 bits per heavy atom. The van der Waals surface area contributed by atoms with Crippen LogP contribution in [0.1, 0.15) is 35.2 Å². The van der Waals surface area contributed by atoms with Crippen LogP contribution in [0.5, 0.6) is 0 Å². The average molecular weight is 270 g/mol. The molecule has 0 fully saturated rings. The standard InChI is InChI=1S/C14H14N4O2/c1-8-7-10(19)16-13-11(8)12(15)18(17-13)14(20)9-5-3-2-4-6-9/h2-6,8H,7,15H2,1H3,(H,16,17,19)/t8-/m1/s1. The summed E-state index contributed by atoms with van der Waals surface area (Å²) in [6.45, 7) is 1.90. The number of nitrogens with zero attached hydrogens (tertiary/aromatic N) is 2. The summed E-state index contributed by atoms with van der Waals surface area (Å²) in [7, 11) is 0. The Bertz CT molecular complexity index is 691. The molecule has 0 aliphatic carbocycles. The molecule has 3 N–H and O–H groups in total. The number of fused-ring (bicyclic) bond motifs is 1. The van der Waals surface area contributed by atoms with E-state index in [0.717, 1.165) is 10.2 Å². The molecular formula is C14H14N4O2. The zero-order valence-electron chi connectivity index (χ0n) is 11.0. The molecule has 1 aliphatic rings. The van der Waals surface area contributed by atoms with Crippen LogP contribution in [0.25, 0.3) is 0 Å². The number of benzene rings is 1. The van der Waals surface area contributed by atoms with Crippen molar-refractivity contribution in [3.8, 4) is 0 Å². The first-order chi connectivity index (χ1) is 9.58. The number of carbonyl (C=O) groups is 2. The van der Waals surface area contributed by atoms with Gasteiger partial charge in [-0.1, -0.05) is 25.1 Å². The number of nitrogens with one attached hydrogen (secondary N) is 1. The molecule has 3 rings (SSSR count). The fraction of sp³-hybridized carbons (Fsp3) is 0.214. The van der Waals surface area contributed by atoms with Crippen LogP contribution in [-0.2, 0) is 4.79 Å². The number of hydrogen-bond acceptors (Lipinski definition) is 4. The Balaban J connectivity index is 2.06. The third-order valence-electron chi connectivity index (χ3n) is 3.41. The highest BCUT2D eigenvalue weighted by molar-refractivity contribution is 6.00. The second kappa shape index (κ2) is 4.48. The van der Waals surface area contributed by atoms with E-state index in [1.807, 2.05) is 13.0 Å². The van der Waals surface area contributed by atoms with Crippen molar-refractivity contribution in [2.24, 2.45) is 0 Å². The number of rotatable bonds is 1. The molecule has 2 heterocycles. The zero-order chi connectivity index (χ0) is 14.3. The predicted octanol–water partition coefficient (Wildman–Crippen LogP) is 1.60. The van der Waals surface area contributed by atoms with Gasteiger partial charge in [-0.2, -0.15) is 4.68 Å². The number of aromatic nitrogens is 2. The molecule has 1 atom stereocenters. The van der Waals surface area contributed by atoms with Crippen LogP contribution in [-0.4, -0.2) is 21.6 Å². The lowest BCUT2D eigenvalue weighted by Crippen LogP contribution is -2.21. The van der Waals surface area contributed by atoms with Crippen LogP contribution in [0.2, 0.25) is 0 Å². The van der Waals surface area contributed by atoms with E-state index < -0.39 is 0 Å². The lowest BCUT2D eigenvalue weighted by molar-refractivity contribution is -0.116. The lowest BCUT2D eigenvalue weighted by atomic mass is 9.96. The van der Waals surface area contributed by atoms with Gasteiger partial charge in [0.05, 0.1) is 0 Å². The molecule has 6 heteroatoms. The number of amides is 1. The predicted molar refractivity (Wildman–Crippen MR) is 74.5 cm³/mol. The molecular weight excluding hydrogens is 256 g/mol. The van der Waals surface area contributed by atoms with E-state index >= 15 is 0 Å². The minimum atomic E-state index is -0.307. The van der Waals surface area contributed by atoms with E-state index in [9.17, 15) is 9.59 Å². The van der Waals surface area contributed by atoms with E-state index in [0.29, 0.717) is 23.6 Å². The maximum Gasteiger partial charge on any atom is 0.280 e. The molecule has 102 valence electrons. The van der Waals surface area contributed by atoms with Gasteiger partial charge in [-0.25, -0.2) is 0 Å². The summed E-state index contributed by atoms with van der Waals surface area (Å²) in [6, 6.07) is 8.78. The number of anilines is 2. The maximum atomic E-state index is 12.4. The fourth-order valence-electron chi connectivity index (χ4n) is 2.44. The highest BCUT2D eigenvalue weighted by atomic mass is 16.2. The van der Waals surface area contributed by atoms with Crippen LogP contribution in [0.3, 0.4) is 0 Å². The molecule has 0 bridgehead atoms. The molecule has 20 heavy (non-hydrogen) atoms. The molecule has 0 saturated heterocycles. The van der Waals surface area contributed by atoms with Gasteiger partial charge in [-0.3, -0.25) is 9.59 Å². The lowest BCUT2D eigenvalue weighted by Gasteiger charge is -2.17. The van der Waals surface area contributed by atoms with Crippen molar-refractivity contribution in [1.29, 1.82) is 0 Å². The minimum absolute atomic E-state index is 0.0453. The second-order valence-electron chi connectivity index (χ2n) is 4.88. The first-order valence-electron chi connectivity index (χ1n) is 6.36. The molecule has 2 aromatic rings. The second-order valence-corrected chi connectivity index (χ2v) is 4.88. The van der Waals surface area contributed by atoms with Gasteiger partial charge in [-0.15, -0.1) is 5.10 Å². The monoisotopic (exact) mass is 270 g/mol. The normalized spacial score (nSPS) is 17.4. The third-order valence-corrected chi connectivity index (χ3v) is 3.41. The summed E-state index contributed by atoms with van der Waals surface area (Å²) < 4.78 is 1.15. The van der Waals surface area contributed by atoms with Gasteiger partial charge in [0.1, 0.15) is 5.82 Å². The molecule has 0 spiro atoms. The summed E-state index contributed by atoms with van der Waals surface area (Å²) >= 11 is 0. The summed E-state index contributed by atoms with van der Waals surface area (Å²) in [4.78, 5) is 23.9. The quantitative estimate of drug-likeness (QED) is 0.823. The smallest absolute Gasteiger partial charge is 0.280 e. The summed E-state index contributed by atoms with van der Waals surface area (Å²) in [6.07, 6.45) is 0.350. The van der Waals surface area contributed by atoms with Gasteiger partial charge >= 0.3 is 0 Å². The van der Waals surface area contributed by atoms with Crippen LogP contribution >= 0.6 is 0 Å². The van der Waals surface area contributed by atoms with Crippen LogP contribution < -0.4 is 11.1 Å². The number of nitrogen functional groups attached to an aromatic ring is 1. The van der Waals surface area contributed by atoms with E-state index in [1.165, 1.54) is 0 Å². The van der Waals surface area contributed by atoms with Gasteiger partial charge in [0.25, 0.3) is 5.91 Å². The van der Waals surface area contributed by atoms with Gasteiger partial charge in [0, 0.05) is 17.5 Å². The molecule has 1 amide bonds. The van der Waals surface area contributed by atoms with Crippen molar-refractivity contribution in [3.63, 3.8) is 0 Å². The number of hydrogen-bond donors (Lipinski definition) is 2. The Kier molecular flexibility index (Phi) is 2.78. The topological polar surface area (TPSA) is 90.0 Å². The summed E-state index contributed by atoms with van der Waals surface area (Å²) in [5.41, 5.74) is 7.26. The van der Waals surface area contributed by atoms with E-state index in [-0.39, 0.29) is 17.7 Å². The van der Waals surface area contributed by atoms with E-state index in [2.05, 4.69) is 10.4 Å². The summed E-state index contributed by atoms with van der Waals surface area (Å²) in [5, 5.41) is 6.79. The largest absolute Gasteiger partial charge is 0.383 e. The Morgan fingerprint density at radius 2 is 2.10 bits per heavy atom. The Morgan fingerprint density at radius 3 is 2.80 bits per heavy atom. The van der Waals surface area contributed by atoms with Crippen molar-refractivity contribution >= 4 is 23.5 Å². The highest BCUT2D eigenvalue weighted by Gasteiger charge is 2.30. The van der Waals surface area contributed by atoms with Gasteiger partial charge in [-0.05, 0) is 18.1 Å². The van der Waals surface area contributed by atoms with Crippen LogP contribution in [0.4, 0.5) is 11.6 Å². The molecule has 0 radical (unpaired) electrons. The van der Waals surface area contributed by atoms with E-state index in [1.54, 1.807) is 24.3 Å². The van der Waals surface area contributed by atoms with Crippen LogP contribution in [0.15, 0.2) is 30.3 Å². The number of nitrogens with two attached hydrogens (primary N) is 1. The minimum Gasteiger partial charge on any atom is -0.383 e. The van der Waals surface area contributed by atoms with Gasteiger partial charge in [0.2, 0.25) is 5.91 Å².